The van der Waals surface area contributed by atoms with Crippen LogP contribution in [0.1, 0.15) is 27.6 Å². The highest BCUT2D eigenvalue weighted by Crippen LogP contribution is 2.25. The van der Waals surface area contributed by atoms with Gasteiger partial charge in [-0.1, -0.05) is 0 Å². The number of sulfonamides is 1. The van der Waals surface area contributed by atoms with Gasteiger partial charge in [-0.3, -0.25) is 9.59 Å². The van der Waals surface area contributed by atoms with E-state index in [1.165, 1.54) is 53.9 Å². The molecule has 0 spiro atoms. The molecule has 1 fully saturated rings. The fourth-order valence-corrected chi connectivity index (χ4v) is 5.22. The summed E-state index contributed by atoms with van der Waals surface area (Å²) >= 11 is 1.18. The molecular formula is C19H21N3O6S2. The first-order valence-corrected chi connectivity index (χ1v) is 11.4. The summed E-state index contributed by atoms with van der Waals surface area (Å²) in [6, 6.07) is 7.13. The average Bonchev–Trinajstić information content (AvgIpc) is 3.21. The van der Waals surface area contributed by atoms with Crippen LogP contribution in [0.5, 0.6) is 0 Å². The van der Waals surface area contributed by atoms with Gasteiger partial charge in [0.05, 0.1) is 17.6 Å². The SMILES string of the molecule is COC(=O)c1ccsc1NC(=O)c1ccc(S(=O)(=O)N2CCN(C(C)=O)CC2)cc1. The third-order valence-electron chi connectivity index (χ3n) is 4.74. The number of hydrogen-bond acceptors (Lipinski definition) is 7. The Kier molecular flexibility index (Phi) is 6.54. The highest BCUT2D eigenvalue weighted by Gasteiger charge is 2.29. The summed E-state index contributed by atoms with van der Waals surface area (Å²) < 4.78 is 31.7. The van der Waals surface area contributed by atoms with Crippen LogP contribution in [0.15, 0.2) is 40.6 Å². The third-order valence-corrected chi connectivity index (χ3v) is 7.48. The summed E-state index contributed by atoms with van der Waals surface area (Å²) in [5.74, 6) is -1.11. The maximum atomic E-state index is 12.8. The summed E-state index contributed by atoms with van der Waals surface area (Å²) in [4.78, 5) is 37.3. The first-order chi connectivity index (χ1) is 14.2. The van der Waals surface area contributed by atoms with Crippen molar-refractivity contribution in [2.24, 2.45) is 0 Å². The zero-order chi connectivity index (χ0) is 21.9. The molecule has 2 amide bonds. The van der Waals surface area contributed by atoms with Gasteiger partial charge in [-0.15, -0.1) is 11.3 Å². The molecule has 1 saturated heterocycles. The molecule has 0 aliphatic carbocycles. The summed E-state index contributed by atoms with van der Waals surface area (Å²) in [6.07, 6.45) is 0. The molecule has 2 aromatic rings. The number of esters is 1. The highest BCUT2D eigenvalue weighted by atomic mass is 32.2. The average molecular weight is 452 g/mol. The van der Waals surface area contributed by atoms with Crippen LogP contribution >= 0.6 is 11.3 Å². The quantitative estimate of drug-likeness (QED) is 0.692. The molecule has 1 aromatic carbocycles. The molecule has 0 bridgehead atoms. The van der Waals surface area contributed by atoms with Gasteiger partial charge in [0, 0.05) is 38.7 Å². The van der Waals surface area contributed by atoms with Gasteiger partial charge in [0.2, 0.25) is 15.9 Å². The number of thiophene rings is 1. The second kappa shape index (κ2) is 8.94. The largest absolute Gasteiger partial charge is 0.465 e. The monoisotopic (exact) mass is 451 g/mol. The fourth-order valence-electron chi connectivity index (χ4n) is 3.02. The van der Waals surface area contributed by atoms with Crippen LogP contribution in [0.4, 0.5) is 5.00 Å². The molecule has 9 nitrogen and oxygen atoms in total. The predicted molar refractivity (Wildman–Crippen MR) is 111 cm³/mol. The topological polar surface area (TPSA) is 113 Å². The van der Waals surface area contributed by atoms with Gasteiger partial charge in [0.15, 0.2) is 0 Å². The molecule has 2 heterocycles. The summed E-state index contributed by atoms with van der Waals surface area (Å²) in [5.41, 5.74) is 0.499. The maximum absolute atomic E-state index is 12.8. The Morgan fingerprint density at radius 1 is 1.03 bits per heavy atom. The van der Waals surface area contributed by atoms with Gasteiger partial charge in [-0.2, -0.15) is 4.31 Å². The number of carbonyl (C=O) groups is 3. The van der Waals surface area contributed by atoms with Gasteiger partial charge >= 0.3 is 5.97 Å². The Morgan fingerprint density at radius 2 is 1.67 bits per heavy atom. The Morgan fingerprint density at radius 3 is 2.23 bits per heavy atom. The predicted octanol–water partition coefficient (Wildman–Crippen LogP) is 1.64. The first kappa shape index (κ1) is 21.9. The Labute approximate surface area is 178 Å². The number of nitrogens with one attached hydrogen (secondary N) is 1. The van der Waals surface area contributed by atoms with Crippen molar-refractivity contribution in [1.82, 2.24) is 9.21 Å². The van der Waals surface area contributed by atoms with E-state index in [1.807, 2.05) is 0 Å². The maximum Gasteiger partial charge on any atom is 0.340 e. The lowest BCUT2D eigenvalue weighted by atomic mass is 10.2. The van der Waals surface area contributed by atoms with Crippen molar-refractivity contribution in [1.29, 1.82) is 0 Å². The molecule has 1 aliphatic rings. The Bertz CT molecular complexity index is 1050. The van der Waals surface area contributed by atoms with Crippen molar-refractivity contribution in [3.05, 3.63) is 46.8 Å². The zero-order valence-corrected chi connectivity index (χ0v) is 18.1. The van der Waals surface area contributed by atoms with E-state index in [9.17, 15) is 22.8 Å². The molecule has 1 N–H and O–H groups in total. The minimum atomic E-state index is -3.72. The van der Waals surface area contributed by atoms with E-state index >= 15 is 0 Å². The first-order valence-electron chi connectivity index (χ1n) is 9.07. The summed E-state index contributed by atoms with van der Waals surface area (Å²) in [6.45, 7) is 2.59. The van der Waals surface area contributed by atoms with Crippen LogP contribution in [0, 0.1) is 0 Å². The molecule has 30 heavy (non-hydrogen) atoms. The zero-order valence-electron chi connectivity index (χ0n) is 16.5. The lowest BCUT2D eigenvalue weighted by Crippen LogP contribution is -2.49. The second-order valence-corrected chi connectivity index (χ2v) is 9.40. The van der Waals surface area contributed by atoms with E-state index in [4.69, 9.17) is 0 Å². The Hall–Kier alpha value is -2.76. The molecule has 11 heteroatoms. The normalized spacial score (nSPS) is 14.9. The van der Waals surface area contributed by atoms with Gasteiger partial charge in [0.1, 0.15) is 5.00 Å². The number of amides is 2. The smallest absolute Gasteiger partial charge is 0.340 e. The van der Waals surface area contributed by atoms with Crippen molar-refractivity contribution >= 4 is 44.1 Å². The van der Waals surface area contributed by atoms with Gasteiger partial charge in [0.25, 0.3) is 5.91 Å². The number of methoxy groups -OCH3 is 1. The molecule has 1 aliphatic heterocycles. The molecular weight excluding hydrogens is 430 g/mol. The number of carbonyl (C=O) groups excluding carboxylic acids is 3. The third kappa shape index (κ3) is 4.53. The Balaban J connectivity index is 1.70. The number of nitrogens with zero attached hydrogens (tertiary/aromatic N) is 2. The summed E-state index contributed by atoms with van der Waals surface area (Å²) in [5, 5.41) is 4.65. The molecule has 0 radical (unpaired) electrons. The van der Waals surface area contributed by atoms with Crippen molar-refractivity contribution in [3.63, 3.8) is 0 Å². The van der Waals surface area contributed by atoms with E-state index in [0.29, 0.717) is 18.1 Å². The fraction of sp³-hybridized carbons (Fsp3) is 0.316. The van der Waals surface area contributed by atoms with Crippen LogP contribution < -0.4 is 5.32 Å². The minimum absolute atomic E-state index is 0.0710. The molecule has 3 rings (SSSR count). The van der Waals surface area contributed by atoms with E-state index in [-0.39, 0.29) is 35.0 Å². The lowest BCUT2D eigenvalue weighted by molar-refractivity contribution is -0.129. The second-order valence-electron chi connectivity index (χ2n) is 6.54. The van der Waals surface area contributed by atoms with E-state index in [2.05, 4.69) is 10.1 Å². The van der Waals surface area contributed by atoms with Gasteiger partial charge < -0.3 is 15.0 Å². The molecule has 0 unspecified atom stereocenters. The number of anilines is 1. The van der Waals surface area contributed by atoms with Crippen LogP contribution in [0.3, 0.4) is 0 Å². The van der Waals surface area contributed by atoms with Crippen LogP contribution in [-0.4, -0.2) is 68.7 Å². The molecule has 1 aromatic heterocycles. The number of benzene rings is 1. The summed E-state index contributed by atoms with van der Waals surface area (Å²) in [7, 11) is -2.47. The standard InChI is InChI=1S/C19H21N3O6S2/c1-13(23)21-8-10-22(11-9-21)30(26,27)15-5-3-14(4-6-15)17(24)20-18-16(7-12-29-18)19(25)28-2/h3-7,12H,8-11H2,1-2H3,(H,20,24). The van der Waals surface area contributed by atoms with Crippen molar-refractivity contribution in [2.45, 2.75) is 11.8 Å². The molecule has 160 valence electrons. The van der Waals surface area contributed by atoms with E-state index in [0.717, 1.165) is 0 Å². The lowest BCUT2D eigenvalue weighted by Gasteiger charge is -2.33. The number of rotatable bonds is 5. The number of hydrogen-bond donors (Lipinski definition) is 1. The van der Waals surface area contributed by atoms with Crippen LogP contribution in [0.2, 0.25) is 0 Å². The van der Waals surface area contributed by atoms with E-state index < -0.39 is 21.9 Å². The van der Waals surface area contributed by atoms with Crippen LogP contribution in [-0.2, 0) is 19.6 Å². The molecule has 0 atom stereocenters. The highest BCUT2D eigenvalue weighted by molar-refractivity contribution is 7.89. The van der Waals surface area contributed by atoms with Gasteiger partial charge in [-0.05, 0) is 35.7 Å². The van der Waals surface area contributed by atoms with Crippen molar-refractivity contribution in [3.8, 4) is 0 Å². The number of piperazine rings is 1. The van der Waals surface area contributed by atoms with Crippen LogP contribution in [0.25, 0.3) is 0 Å². The van der Waals surface area contributed by atoms with Crippen molar-refractivity contribution in [2.75, 3.05) is 38.6 Å². The minimum Gasteiger partial charge on any atom is -0.465 e. The van der Waals surface area contributed by atoms with Gasteiger partial charge in [-0.25, -0.2) is 13.2 Å². The van der Waals surface area contributed by atoms with E-state index in [1.54, 1.807) is 16.3 Å². The number of ether oxygens (including phenoxy) is 1. The van der Waals surface area contributed by atoms with Crippen molar-refractivity contribution < 1.29 is 27.5 Å². The molecule has 0 saturated carbocycles.